The first-order chi connectivity index (χ1) is 16.3. The Morgan fingerprint density at radius 2 is 1.77 bits per heavy atom. The normalized spacial score (nSPS) is 14.2. The average Bonchev–Trinajstić information content (AvgIpc) is 3.24. The Kier molecular flexibility index (Phi) is 7.93. The number of hydrogen-bond acceptors (Lipinski definition) is 7. The van der Waals surface area contributed by atoms with Gasteiger partial charge in [0.2, 0.25) is 0 Å². The van der Waals surface area contributed by atoms with Gasteiger partial charge in [-0.15, -0.1) is 5.10 Å². The van der Waals surface area contributed by atoms with Crippen molar-refractivity contribution in [3.8, 4) is 11.6 Å². The Hall–Kier alpha value is -2.88. The van der Waals surface area contributed by atoms with E-state index in [4.69, 9.17) is 9.40 Å². The lowest BCUT2D eigenvalue weighted by Gasteiger charge is -2.23. The minimum Gasteiger partial charge on any atom is -0.402 e. The van der Waals surface area contributed by atoms with Crippen LogP contribution in [0.5, 0.6) is 0 Å². The molecule has 2 aromatic heterocycles. The summed E-state index contributed by atoms with van der Waals surface area (Å²) in [6.45, 7) is 10.7. The van der Waals surface area contributed by atoms with E-state index >= 15 is 0 Å². The molecule has 10 heteroatoms. The molecule has 2 atom stereocenters. The van der Waals surface area contributed by atoms with Gasteiger partial charge in [-0.25, -0.2) is 4.98 Å². The molecule has 0 fully saturated rings. The van der Waals surface area contributed by atoms with E-state index in [1.807, 2.05) is 41.5 Å². The number of aliphatic hydroxyl groups excluding tert-OH is 1. The maximum absolute atomic E-state index is 12.8. The van der Waals surface area contributed by atoms with Crippen molar-refractivity contribution in [1.82, 2.24) is 15.2 Å². The maximum Gasteiger partial charge on any atom is 0.405 e. The fourth-order valence-electron chi connectivity index (χ4n) is 3.86. The Morgan fingerprint density at radius 1 is 1.06 bits per heavy atom. The van der Waals surface area contributed by atoms with Crippen LogP contribution in [0.2, 0.25) is 0 Å². The van der Waals surface area contributed by atoms with E-state index in [0.717, 1.165) is 22.9 Å². The molecule has 3 aromatic rings. The number of benzene rings is 1. The second kappa shape index (κ2) is 10.4. The summed E-state index contributed by atoms with van der Waals surface area (Å²) < 4.78 is 44.2. The number of pyridine rings is 1. The van der Waals surface area contributed by atoms with Gasteiger partial charge in [-0.05, 0) is 60.9 Å². The summed E-state index contributed by atoms with van der Waals surface area (Å²) in [4.78, 5) is 4.78. The molecule has 0 aliphatic heterocycles. The molecule has 3 N–H and O–H groups in total. The van der Waals surface area contributed by atoms with Gasteiger partial charge in [0.25, 0.3) is 5.89 Å². The third-order valence-electron chi connectivity index (χ3n) is 5.91. The smallest absolute Gasteiger partial charge is 0.402 e. The van der Waals surface area contributed by atoms with Crippen LogP contribution < -0.4 is 10.6 Å². The van der Waals surface area contributed by atoms with Crippen molar-refractivity contribution in [2.45, 2.75) is 84.5 Å². The first-order valence-electron chi connectivity index (χ1n) is 11.9. The number of nitrogens with zero attached hydrogens (tertiary/aromatic N) is 3. The molecule has 0 unspecified atom stereocenters. The van der Waals surface area contributed by atoms with E-state index < -0.39 is 18.8 Å². The number of nitrogens with one attached hydrogen (secondary N) is 2. The van der Waals surface area contributed by atoms with Crippen molar-refractivity contribution >= 4 is 22.6 Å². The van der Waals surface area contributed by atoms with Crippen LogP contribution in [0, 0.1) is 6.92 Å². The van der Waals surface area contributed by atoms with E-state index in [0.29, 0.717) is 29.7 Å². The lowest BCUT2D eigenvalue weighted by molar-refractivity contribution is -0.115. The summed E-state index contributed by atoms with van der Waals surface area (Å²) in [7, 11) is 0. The summed E-state index contributed by atoms with van der Waals surface area (Å²) in [5, 5.41) is 24.6. The predicted molar refractivity (Wildman–Crippen MR) is 132 cm³/mol. The molecule has 7 nitrogen and oxygen atoms in total. The van der Waals surface area contributed by atoms with E-state index in [1.54, 1.807) is 18.2 Å². The number of anilines is 2. The minimum absolute atomic E-state index is 0.0142. The number of halogens is 3. The van der Waals surface area contributed by atoms with E-state index in [2.05, 4.69) is 20.8 Å². The predicted octanol–water partition coefficient (Wildman–Crippen LogP) is 6.22. The number of aromatic nitrogens is 3. The van der Waals surface area contributed by atoms with Gasteiger partial charge >= 0.3 is 12.2 Å². The lowest BCUT2D eigenvalue weighted by Crippen LogP contribution is -2.24. The van der Waals surface area contributed by atoms with Crippen LogP contribution in [0.1, 0.15) is 65.0 Å². The molecule has 0 bridgehead atoms. The van der Waals surface area contributed by atoms with Gasteiger partial charge in [-0.3, -0.25) is 0 Å². The topological polar surface area (TPSA) is 96.1 Å². The molecule has 0 aliphatic carbocycles. The SMILES string of the molecule is CC[C@H](O)C[C@@H](CC)Nc1nnc(-c2cc(C)c3cc(NCC(F)(F)F)cc(C(C)(C)C)c3n2)o1. The standard InChI is InChI=1S/C25H34F3N5O2/c1-7-15(10-17(34)8-2)30-23-33-32-22(35-23)20-9-14(3)18-11-16(29-13-25(26,27)28)12-19(21(18)31-20)24(4,5)6/h9,11-12,15,17,29,34H,7-8,10,13H2,1-6H3,(H,30,33)/t15-,17+/m1/s1. The lowest BCUT2D eigenvalue weighted by atomic mass is 9.84. The molecule has 0 amide bonds. The highest BCUT2D eigenvalue weighted by Gasteiger charge is 2.28. The van der Waals surface area contributed by atoms with Crippen molar-refractivity contribution in [2.24, 2.45) is 0 Å². The Morgan fingerprint density at radius 3 is 2.37 bits per heavy atom. The number of aliphatic hydroxyl groups is 1. The molecule has 192 valence electrons. The van der Waals surface area contributed by atoms with Gasteiger partial charge in [0.15, 0.2) is 0 Å². The fourth-order valence-corrected chi connectivity index (χ4v) is 3.86. The largest absolute Gasteiger partial charge is 0.405 e. The van der Waals surface area contributed by atoms with Gasteiger partial charge in [0.05, 0.1) is 11.6 Å². The van der Waals surface area contributed by atoms with Gasteiger partial charge in [0, 0.05) is 17.1 Å². The van der Waals surface area contributed by atoms with Crippen LogP contribution in [0.15, 0.2) is 22.6 Å². The second-order valence-electron chi connectivity index (χ2n) is 9.92. The number of fused-ring (bicyclic) bond motifs is 1. The van der Waals surface area contributed by atoms with Crippen LogP contribution >= 0.6 is 0 Å². The summed E-state index contributed by atoms with van der Waals surface area (Å²) >= 11 is 0. The van der Waals surface area contributed by atoms with Crippen LogP contribution in [-0.4, -0.2) is 45.2 Å². The quantitative estimate of drug-likeness (QED) is 0.326. The molecule has 0 saturated carbocycles. The van der Waals surface area contributed by atoms with Crippen LogP contribution in [0.25, 0.3) is 22.5 Å². The van der Waals surface area contributed by atoms with Crippen molar-refractivity contribution in [3.63, 3.8) is 0 Å². The zero-order valence-electron chi connectivity index (χ0n) is 21.0. The van der Waals surface area contributed by atoms with Crippen molar-refractivity contribution in [3.05, 3.63) is 29.3 Å². The Bertz CT molecular complexity index is 1150. The molecule has 1 aromatic carbocycles. The summed E-state index contributed by atoms with van der Waals surface area (Å²) in [6.07, 6.45) is -2.72. The third kappa shape index (κ3) is 6.84. The molecule has 35 heavy (non-hydrogen) atoms. The number of hydrogen-bond donors (Lipinski definition) is 3. The van der Waals surface area contributed by atoms with Crippen LogP contribution in [0.3, 0.4) is 0 Å². The van der Waals surface area contributed by atoms with Gasteiger partial charge < -0.3 is 20.2 Å². The first kappa shape index (κ1) is 26.7. The highest BCUT2D eigenvalue weighted by molar-refractivity contribution is 5.90. The highest BCUT2D eigenvalue weighted by Crippen LogP contribution is 2.35. The number of rotatable bonds is 9. The number of aryl methyl sites for hydroxylation is 1. The first-order valence-corrected chi connectivity index (χ1v) is 11.9. The van der Waals surface area contributed by atoms with Crippen molar-refractivity contribution in [1.29, 1.82) is 0 Å². The minimum atomic E-state index is -4.32. The Balaban J connectivity index is 1.98. The van der Waals surface area contributed by atoms with E-state index in [9.17, 15) is 18.3 Å². The van der Waals surface area contributed by atoms with Crippen molar-refractivity contribution in [2.75, 3.05) is 17.2 Å². The summed E-state index contributed by atoms with van der Waals surface area (Å²) in [6, 6.07) is 5.43. The molecule has 0 saturated heterocycles. The zero-order valence-corrected chi connectivity index (χ0v) is 21.0. The third-order valence-corrected chi connectivity index (χ3v) is 5.91. The summed E-state index contributed by atoms with van der Waals surface area (Å²) in [5.74, 6) is 0.238. The average molecular weight is 494 g/mol. The molecule has 0 aliphatic rings. The van der Waals surface area contributed by atoms with Gasteiger partial charge in [0.1, 0.15) is 12.2 Å². The monoisotopic (exact) mass is 493 g/mol. The molecular formula is C25H34F3N5O2. The summed E-state index contributed by atoms with van der Waals surface area (Å²) in [5.41, 5.74) is 2.82. The molecule has 3 rings (SSSR count). The Labute approximate surface area is 203 Å². The second-order valence-corrected chi connectivity index (χ2v) is 9.92. The van der Waals surface area contributed by atoms with E-state index in [1.165, 1.54) is 0 Å². The molecule has 0 spiro atoms. The molecule has 2 heterocycles. The zero-order chi connectivity index (χ0) is 26.0. The van der Waals surface area contributed by atoms with Crippen molar-refractivity contribution < 1.29 is 22.7 Å². The fraction of sp³-hybridized carbons (Fsp3) is 0.560. The van der Waals surface area contributed by atoms with Crippen LogP contribution in [-0.2, 0) is 5.41 Å². The van der Waals surface area contributed by atoms with Gasteiger partial charge in [-0.1, -0.05) is 39.7 Å². The van der Waals surface area contributed by atoms with Crippen LogP contribution in [0.4, 0.5) is 24.9 Å². The number of alkyl halides is 3. The highest BCUT2D eigenvalue weighted by atomic mass is 19.4. The van der Waals surface area contributed by atoms with E-state index in [-0.39, 0.29) is 23.4 Å². The molecular weight excluding hydrogens is 459 g/mol. The van der Waals surface area contributed by atoms with Gasteiger partial charge in [-0.2, -0.15) is 13.2 Å². The maximum atomic E-state index is 12.8. The molecule has 0 radical (unpaired) electrons.